The number of ether oxygens (including phenoxy) is 1. The molecule has 6 heteroatoms. The predicted octanol–water partition coefficient (Wildman–Crippen LogP) is 2.05. The van der Waals surface area contributed by atoms with Gasteiger partial charge >= 0.3 is 12.1 Å². The van der Waals surface area contributed by atoms with E-state index in [-0.39, 0.29) is 19.4 Å². The number of β-amino-alcohol motifs (C(OH)–C–C–N with tert-alkyl or cyclic N) is 1. The van der Waals surface area contributed by atoms with Crippen LogP contribution >= 0.6 is 0 Å². The molecule has 126 valence electrons. The number of carboxylic acid groups (broad SMARTS) is 1. The van der Waals surface area contributed by atoms with Gasteiger partial charge < -0.3 is 14.9 Å². The van der Waals surface area contributed by atoms with E-state index in [4.69, 9.17) is 4.74 Å². The maximum absolute atomic E-state index is 12.2. The van der Waals surface area contributed by atoms with Crippen LogP contribution in [-0.4, -0.2) is 51.0 Å². The Balaban J connectivity index is 2.17. The highest BCUT2D eigenvalue weighted by atomic mass is 16.6. The normalized spacial score (nSPS) is 24.5. The Morgan fingerprint density at radius 2 is 1.91 bits per heavy atom. The minimum atomic E-state index is -1.28. The fraction of sp³-hybridized carbons (Fsp3) is 0.529. The van der Waals surface area contributed by atoms with Crippen LogP contribution in [0.15, 0.2) is 30.3 Å². The van der Waals surface area contributed by atoms with Crippen LogP contribution in [0.25, 0.3) is 0 Å². The topological polar surface area (TPSA) is 87.1 Å². The number of aliphatic carboxylic acids is 1. The van der Waals surface area contributed by atoms with Gasteiger partial charge in [0.2, 0.25) is 0 Å². The Labute approximate surface area is 135 Å². The van der Waals surface area contributed by atoms with E-state index in [1.807, 2.05) is 30.3 Å². The number of benzene rings is 1. The van der Waals surface area contributed by atoms with Gasteiger partial charge in [0.05, 0.1) is 12.1 Å². The lowest BCUT2D eigenvalue weighted by molar-refractivity contribution is -0.142. The highest BCUT2D eigenvalue weighted by Crippen LogP contribution is 2.31. The summed E-state index contributed by atoms with van der Waals surface area (Å²) in [4.78, 5) is 24.8. The average Bonchev–Trinajstić information content (AvgIpc) is 2.76. The lowest BCUT2D eigenvalue weighted by Crippen LogP contribution is -2.44. The van der Waals surface area contributed by atoms with Gasteiger partial charge in [-0.2, -0.15) is 0 Å². The molecule has 2 atom stereocenters. The average molecular weight is 321 g/mol. The summed E-state index contributed by atoms with van der Waals surface area (Å²) in [5, 5.41) is 20.1. The van der Waals surface area contributed by atoms with Crippen molar-refractivity contribution >= 4 is 12.1 Å². The minimum absolute atomic E-state index is 0.0174. The number of nitrogens with zero attached hydrogens (tertiary/aromatic N) is 1. The highest BCUT2D eigenvalue weighted by Gasteiger charge is 2.49. The molecule has 1 aromatic rings. The van der Waals surface area contributed by atoms with Crippen molar-refractivity contribution in [3.8, 4) is 0 Å². The largest absolute Gasteiger partial charge is 0.480 e. The van der Waals surface area contributed by atoms with Crippen LogP contribution in [0, 0.1) is 0 Å². The van der Waals surface area contributed by atoms with Crippen LogP contribution in [0.3, 0.4) is 0 Å². The lowest BCUT2D eigenvalue weighted by atomic mass is 9.92. The molecular formula is C17H23NO5. The van der Waals surface area contributed by atoms with Crippen molar-refractivity contribution in [1.29, 1.82) is 0 Å². The standard InChI is InChI=1S/C17H23NO5/c1-16(2,3)23-15(21)18-11-17(22,10-13(18)14(19)20)9-12-7-5-4-6-8-12/h4-8,13,22H,9-11H2,1-3H3,(H,19,20)/t13-,17?/m0/s1. The zero-order chi connectivity index (χ0) is 17.3. The molecule has 2 N–H and O–H groups in total. The van der Waals surface area contributed by atoms with Gasteiger partial charge in [0.1, 0.15) is 11.6 Å². The van der Waals surface area contributed by atoms with E-state index in [1.54, 1.807) is 20.8 Å². The molecule has 0 aliphatic carbocycles. The second-order valence-electron chi connectivity index (χ2n) is 7.05. The molecule has 1 aliphatic rings. The second kappa shape index (κ2) is 6.20. The van der Waals surface area contributed by atoms with Gasteiger partial charge in [-0.05, 0) is 26.3 Å². The Kier molecular flexibility index (Phi) is 4.66. The number of carbonyl (C=O) groups excluding carboxylic acids is 1. The third-order valence-electron chi connectivity index (χ3n) is 3.70. The van der Waals surface area contributed by atoms with Crippen LogP contribution in [0.1, 0.15) is 32.8 Å². The summed E-state index contributed by atoms with van der Waals surface area (Å²) in [5.74, 6) is -1.14. The summed E-state index contributed by atoms with van der Waals surface area (Å²) in [6.07, 6.45) is -0.443. The molecule has 1 amide bonds. The third-order valence-corrected chi connectivity index (χ3v) is 3.70. The maximum atomic E-state index is 12.2. The summed E-state index contributed by atoms with van der Waals surface area (Å²) in [7, 11) is 0. The first kappa shape index (κ1) is 17.3. The molecular weight excluding hydrogens is 298 g/mol. The zero-order valence-electron chi connectivity index (χ0n) is 13.7. The quantitative estimate of drug-likeness (QED) is 0.890. The fourth-order valence-electron chi connectivity index (χ4n) is 2.80. The van der Waals surface area contributed by atoms with E-state index in [0.717, 1.165) is 10.5 Å². The third kappa shape index (κ3) is 4.45. The first-order chi connectivity index (χ1) is 10.6. The number of hydrogen-bond donors (Lipinski definition) is 2. The number of likely N-dealkylation sites (tertiary alicyclic amines) is 1. The first-order valence-electron chi connectivity index (χ1n) is 7.58. The fourth-order valence-corrected chi connectivity index (χ4v) is 2.80. The van der Waals surface area contributed by atoms with E-state index in [2.05, 4.69) is 0 Å². The molecule has 1 saturated heterocycles. The van der Waals surface area contributed by atoms with Crippen molar-refractivity contribution in [2.24, 2.45) is 0 Å². The van der Waals surface area contributed by atoms with E-state index in [1.165, 1.54) is 0 Å². The number of aliphatic hydroxyl groups is 1. The van der Waals surface area contributed by atoms with E-state index in [9.17, 15) is 19.8 Å². The Morgan fingerprint density at radius 1 is 1.30 bits per heavy atom. The van der Waals surface area contributed by atoms with Crippen molar-refractivity contribution in [1.82, 2.24) is 4.90 Å². The number of carbonyl (C=O) groups is 2. The SMILES string of the molecule is CC(C)(C)OC(=O)N1CC(O)(Cc2ccccc2)C[C@H]1C(=O)O. The van der Waals surface area contributed by atoms with E-state index in [0.29, 0.717) is 0 Å². The Hall–Kier alpha value is -2.08. The van der Waals surface area contributed by atoms with Gasteiger partial charge in [0.25, 0.3) is 0 Å². The molecule has 1 heterocycles. The molecule has 23 heavy (non-hydrogen) atoms. The predicted molar refractivity (Wildman–Crippen MR) is 84.1 cm³/mol. The van der Waals surface area contributed by atoms with Crippen LogP contribution in [0.2, 0.25) is 0 Å². The molecule has 2 rings (SSSR count). The van der Waals surface area contributed by atoms with Gasteiger partial charge in [-0.15, -0.1) is 0 Å². The first-order valence-corrected chi connectivity index (χ1v) is 7.58. The Morgan fingerprint density at radius 3 is 2.43 bits per heavy atom. The molecule has 0 saturated carbocycles. The number of rotatable bonds is 3. The minimum Gasteiger partial charge on any atom is -0.480 e. The summed E-state index contributed by atoms with van der Waals surface area (Å²) in [6.45, 7) is 5.08. The molecule has 0 radical (unpaired) electrons. The summed E-state index contributed by atoms with van der Waals surface area (Å²) >= 11 is 0. The van der Waals surface area contributed by atoms with Crippen molar-refractivity contribution in [3.05, 3.63) is 35.9 Å². The van der Waals surface area contributed by atoms with Crippen molar-refractivity contribution in [2.75, 3.05) is 6.54 Å². The molecule has 0 bridgehead atoms. The van der Waals surface area contributed by atoms with Gasteiger partial charge in [-0.1, -0.05) is 30.3 Å². The Bertz CT molecular complexity index is 580. The molecule has 0 aromatic heterocycles. The highest BCUT2D eigenvalue weighted by molar-refractivity contribution is 5.81. The maximum Gasteiger partial charge on any atom is 0.411 e. The molecule has 1 fully saturated rings. The lowest BCUT2D eigenvalue weighted by Gasteiger charge is -2.27. The monoisotopic (exact) mass is 321 g/mol. The molecule has 1 unspecified atom stereocenters. The number of hydrogen-bond acceptors (Lipinski definition) is 4. The van der Waals surface area contributed by atoms with Crippen molar-refractivity contribution in [3.63, 3.8) is 0 Å². The van der Waals surface area contributed by atoms with Crippen LogP contribution < -0.4 is 0 Å². The molecule has 1 aliphatic heterocycles. The van der Waals surface area contributed by atoms with Crippen LogP contribution in [0.4, 0.5) is 4.79 Å². The smallest absolute Gasteiger partial charge is 0.411 e. The number of carboxylic acids is 1. The van der Waals surface area contributed by atoms with Crippen molar-refractivity contribution in [2.45, 2.75) is 50.9 Å². The summed E-state index contributed by atoms with van der Waals surface area (Å²) < 4.78 is 5.26. The van der Waals surface area contributed by atoms with E-state index >= 15 is 0 Å². The van der Waals surface area contributed by atoms with Gasteiger partial charge in [-0.3, -0.25) is 4.90 Å². The van der Waals surface area contributed by atoms with Gasteiger partial charge in [0.15, 0.2) is 0 Å². The summed E-state index contributed by atoms with van der Waals surface area (Å²) in [6, 6.07) is 8.23. The molecule has 6 nitrogen and oxygen atoms in total. The van der Waals surface area contributed by atoms with Gasteiger partial charge in [0, 0.05) is 12.8 Å². The van der Waals surface area contributed by atoms with Crippen LogP contribution in [0.5, 0.6) is 0 Å². The van der Waals surface area contributed by atoms with Crippen LogP contribution in [-0.2, 0) is 16.0 Å². The number of amides is 1. The molecule has 0 spiro atoms. The van der Waals surface area contributed by atoms with Gasteiger partial charge in [-0.25, -0.2) is 9.59 Å². The molecule has 1 aromatic carbocycles. The summed E-state index contributed by atoms with van der Waals surface area (Å²) in [5.41, 5.74) is -1.10. The van der Waals surface area contributed by atoms with E-state index < -0.39 is 29.3 Å². The zero-order valence-corrected chi connectivity index (χ0v) is 13.7. The second-order valence-corrected chi connectivity index (χ2v) is 7.05. The van der Waals surface area contributed by atoms with Crippen molar-refractivity contribution < 1.29 is 24.5 Å².